The van der Waals surface area contributed by atoms with Crippen LogP contribution in [0.5, 0.6) is 5.88 Å². The molecule has 0 amide bonds. The number of halogens is 3. The second-order valence-electron chi connectivity index (χ2n) is 3.61. The summed E-state index contributed by atoms with van der Waals surface area (Å²) >= 11 is 0. The van der Waals surface area contributed by atoms with E-state index in [4.69, 9.17) is 4.74 Å². The molecule has 2 nitrogen and oxygen atoms in total. The van der Waals surface area contributed by atoms with E-state index in [0.717, 1.165) is 10.9 Å². The fraction of sp³-hybridized carbons (Fsp3) is 0.154. The van der Waals surface area contributed by atoms with Gasteiger partial charge in [0.15, 0.2) is 5.83 Å². The van der Waals surface area contributed by atoms with Gasteiger partial charge < -0.3 is 4.74 Å². The van der Waals surface area contributed by atoms with Gasteiger partial charge in [0, 0.05) is 17.9 Å². The molecule has 0 aliphatic carbocycles. The molecule has 0 N–H and O–H groups in total. The lowest BCUT2D eigenvalue weighted by Gasteiger charge is -2.05. The highest BCUT2D eigenvalue weighted by Crippen LogP contribution is 2.17. The molecule has 0 fully saturated rings. The van der Waals surface area contributed by atoms with Gasteiger partial charge in [-0.2, -0.15) is 8.78 Å². The molecule has 2 rings (SSSR count). The number of rotatable bonds is 4. The minimum Gasteiger partial charge on any atom is -0.477 e. The Labute approximate surface area is 102 Å². The van der Waals surface area contributed by atoms with Gasteiger partial charge in [-0.3, -0.25) is 0 Å². The Morgan fingerprint density at radius 3 is 2.61 bits per heavy atom. The zero-order valence-electron chi connectivity index (χ0n) is 9.37. The standard InChI is InChI=1S/C13H10F3NO/c14-10(13(15)16)7-8-18-12-6-5-9-3-1-2-4-11(9)17-12/h1-6H,7-8H2. The van der Waals surface area contributed by atoms with Crippen molar-refractivity contribution < 1.29 is 17.9 Å². The average Bonchev–Trinajstić information content (AvgIpc) is 2.38. The van der Waals surface area contributed by atoms with Crippen LogP contribution < -0.4 is 4.74 Å². The Hall–Kier alpha value is -2.04. The molecule has 0 atom stereocenters. The summed E-state index contributed by atoms with van der Waals surface area (Å²) in [6.45, 7) is -0.172. The van der Waals surface area contributed by atoms with E-state index in [1.54, 1.807) is 12.1 Å². The summed E-state index contributed by atoms with van der Waals surface area (Å²) in [4.78, 5) is 4.17. The third kappa shape index (κ3) is 3.00. The first-order valence-electron chi connectivity index (χ1n) is 5.35. The minimum absolute atomic E-state index is 0.172. The van der Waals surface area contributed by atoms with E-state index in [9.17, 15) is 13.2 Å². The monoisotopic (exact) mass is 253 g/mol. The number of fused-ring (bicyclic) bond motifs is 1. The van der Waals surface area contributed by atoms with Crippen LogP contribution in [0.1, 0.15) is 6.42 Å². The summed E-state index contributed by atoms with van der Waals surface area (Å²) in [6, 6.07) is 10.8. The molecule has 18 heavy (non-hydrogen) atoms. The molecule has 1 heterocycles. The molecular formula is C13H10F3NO. The van der Waals surface area contributed by atoms with Gasteiger partial charge in [-0.05, 0) is 12.1 Å². The Bertz CT molecular complexity index is 579. The van der Waals surface area contributed by atoms with Crippen molar-refractivity contribution in [1.82, 2.24) is 4.98 Å². The fourth-order valence-electron chi connectivity index (χ4n) is 1.47. The Morgan fingerprint density at radius 1 is 1.06 bits per heavy atom. The SMILES string of the molecule is FC(F)=C(F)CCOc1ccc2ccccc2n1. The molecule has 0 aliphatic heterocycles. The van der Waals surface area contributed by atoms with Crippen LogP contribution in [-0.4, -0.2) is 11.6 Å². The van der Waals surface area contributed by atoms with E-state index in [-0.39, 0.29) is 6.61 Å². The maximum Gasteiger partial charge on any atom is 0.301 e. The molecule has 1 aromatic carbocycles. The molecule has 5 heteroatoms. The third-order valence-corrected chi connectivity index (χ3v) is 2.35. The van der Waals surface area contributed by atoms with Gasteiger partial charge in [0.25, 0.3) is 0 Å². The van der Waals surface area contributed by atoms with Crippen molar-refractivity contribution in [3.63, 3.8) is 0 Å². The molecule has 0 radical (unpaired) electrons. The number of aromatic nitrogens is 1. The number of hydrogen-bond acceptors (Lipinski definition) is 2. The summed E-state index contributed by atoms with van der Waals surface area (Å²) in [5, 5.41) is 0.950. The lowest BCUT2D eigenvalue weighted by Crippen LogP contribution is -1.99. The highest BCUT2D eigenvalue weighted by atomic mass is 19.3. The van der Waals surface area contributed by atoms with Crippen LogP contribution in [0.15, 0.2) is 48.3 Å². The molecule has 0 unspecified atom stereocenters. The molecule has 1 aromatic heterocycles. The van der Waals surface area contributed by atoms with E-state index in [1.165, 1.54) is 0 Å². The third-order valence-electron chi connectivity index (χ3n) is 2.35. The van der Waals surface area contributed by atoms with Gasteiger partial charge >= 0.3 is 6.08 Å². The number of benzene rings is 1. The fourth-order valence-corrected chi connectivity index (χ4v) is 1.47. The maximum atomic E-state index is 12.5. The molecule has 2 aromatic rings. The molecule has 0 aliphatic rings. The molecule has 94 valence electrons. The highest BCUT2D eigenvalue weighted by Gasteiger charge is 2.05. The van der Waals surface area contributed by atoms with Crippen LogP contribution in [0.3, 0.4) is 0 Å². The summed E-state index contributed by atoms with van der Waals surface area (Å²) in [5.74, 6) is -1.16. The number of pyridine rings is 1. The van der Waals surface area contributed by atoms with E-state index in [2.05, 4.69) is 4.98 Å². The average molecular weight is 253 g/mol. The molecule has 0 saturated heterocycles. The largest absolute Gasteiger partial charge is 0.477 e. The predicted molar refractivity (Wildman–Crippen MR) is 62.2 cm³/mol. The molecular weight excluding hydrogens is 243 g/mol. The second kappa shape index (κ2) is 5.53. The smallest absolute Gasteiger partial charge is 0.301 e. The summed E-state index contributed by atoms with van der Waals surface area (Å²) in [6.07, 6.45) is -2.76. The maximum absolute atomic E-state index is 12.5. The first kappa shape index (κ1) is 12.4. The highest BCUT2D eigenvalue weighted by molar-refractivity contribution is 5.78. The normalized spacial score (nSPS) is 10.4. The Balaban J connectivity index is 2.02. The zero-order chi connectivity index (χ0) is 13.0. The van der Waals surface area contributed by atoms with E-state index < -0.39 is 18.3 Å². The van der Waals surface area contributed by atoms with Crippen LogP contribution >= 0.6 is 0 Å². The summed E-state index contributed by atoms with van der Waals surface area (Å²) in [5.41, 5.74) is 0.739. The number of hydrogen-bond donors (Lipinski definition) is 0. The first-order chi connectivity index (χ1) is 8.66. The molecule has 0 bridgehead atoms. The quantitative estimate of drug-likeness (QED) is 0.819. The van der Waals surface area contributed by atoms with Crippen LogP contribution in [-0.2, 0) is 0 Å². The van der Waals surface area contributed by atoms with Gasteiger partial charge in [0.1, 0.15) is 0 Å². The second-order valence-corrected chi connectivity index (χ2v) is 3.61. The lowest BCUT2D eigenvalue weighted by molar-refractivity contribution is 0.287. The summed E-state index contributed by atoms with van der Waals surface area (Å²) in [7, 11) is 0. The van der Waals surface area contributed by atoms with Crippen LogP contribution in [0.25, 0.3) is 10.9 Å². The van der Waals surface area contributed by atoms with Crippen LogP contribution in [0.2, 0.25) is 0 Å². The van der Waals surface area contributed by atoms with Gasteiger partial charge in [-0.25, -0.2) is 9.37 Å². The number of nitrogens with zero attached hydrogens (tertiary/aromatic N) is 1. The molecule has 0 spiro atoms. The van der Waals surface area contributed by atoms with Crippen LogP contribution in [0, 0.1) is 0 Å². The lowest BCUT2D eigenvalue weighted by atomic mass is 10.2. The van der Waals surface area contributed by atoms with Crippen molar-refractivity contribution in [1.29, 1.82) is 0 Å². The van der Waals surface area contributed by atoms with Crippen molar-refractivity contribution in [2.24, 2.45) is 0 Å². The predicted octanol–water partition coefficient (Wildman–Crippen LogP) is 4.08. The summed E-state index contributed by atoms with van der Waals surface area (Å²) < 4.78 is 41.2. The van der Waals surface area contributed by atoms with Gasteiger partial charge in [0.2, 0.25) is 5.88 Å². The van der Waals surface area contributed by atoms with Crippen molar-refractivity contribution in [3.8, 4) is 5.88 Å². The van der Waals surface area contributed by atoms with Crippen LogP contribution in [0.4, 0.5) is 13.2 Å². The van der Waals surface area contributed by atoms with Crippen molar-refractivity contribution >= 4 is 10.9 Å². The molecule has 0 saturated carbocycles. The van der Waals surface area contributed by atoms with E-state index in [0.29, 0.717) is 5.88 Å². The van der Waals surface area contributed by atoms with E-state index >= 15 is 0 Å². The van der Waals surface area contributed by atoms with Gasteiger partial charge in [0.05, 0.1) is 12.1 Å². The van der Waals surface area contributed by atoms with Crippen molar-refractivity contribution in [3.05, 3.63) is 48.3 Å². The number of ether oxygens (including phenoxy) is 1. The Kier molecular flexibility index (Phi) is 3.82. The Morgan fingerprint density at radius 2 is 1.83 bits per heavy atom. The number of para-hydroxylation sites is 1. The van der Waals surface area contributed by atoms with Crippen molar-refractivity contribution in [2.75, 3.05) is 6.61 Å². The zero-order valence-corrected chi connectivity index (χ0v) is 9.37. The van der Waals surface area contributed by atoms with Crippen molar-refractivity contribution in [2.45, 2.75) is 6.42 Å². The first-order valence-corrected chi connectivity index (χ1v) is 5.35. The van der Waals surface area contributed by atoms with E-state index in [1.807, 2.05) is 24.3 Å². The van der Waals surface area contributed by atoms with Gasteiger partial charge in [-0.1, -0.05) is 18.2 Å². The van der Waals surface area contributed by atoms with Gasteiger partial charge in [-0.15, -0.1) is 0 Å². The topological polar surface area (TPSA) is 22.1 Å². The minimum atomic E-state index is -2.30.